The molecule has 0 fully saturated rings. The highest BCUT2D eigenvalue weighted by Gasteiger charge is 2.19. The molecular formula is C20H18ClNO5S. The van der Waals surface area contributed by atoms with Crippen LogP contribution >= 0.6 is 22.9 Å². The molecule has 146 valence electrons. The molecule has 1 atom stereocenters. The predicted octanol–water partition coefficient (Wildman–Crippen LogP) is 4.13. The van der Waals surface area contributed by atoms with E-state index in [4.69, 9.17) is 20.8 Å². The third-order valence-electron chi connectivity index (χ3n) is 4.13. The lowest BCUT2D eigenvalue weighted by Gasteiger charge is -2.16. The fourth-order valence-corrected chi connectivity index (χ4v) is 3.75. The Balaban J connectivity index is 1.76. The van der Waals surface area contributed by atoms with E-state index in [9.17, 15) is 14.4 Å². The summed E-state index contributed by atoms with van der Waals surface area (Å²) >= 11 is 7.62. The minimum Gasteiger partial charge on any atom is -0.461 e. The molecule has 0 bridgehead atoms. The second kappa shape index (κ2) is 8.58. The number of thiophene rings is 1. The molecule has 0 aliphatic heterocycles. The van der Waals surface area contributed by atoms with Crippen LogP contribution in [0.1, 0.15) is 35.4 Å². The Morgan fingerprint density at radius 2 is 2.11 bits per heavy atom. The first-order valence-electron chi connectivity index (χ1n) is 8.52. The number of ether oxygens (including phenoxy) is 1. The molecule has 0 saturated heterocycles. The Hall–Kier alpha value is -2.64. The maximum Gasteiger partial charge on any atom is 0.336 e. The third kappa shape index (κ3) is 4.79. The van der Waals surface area contributed by atoms with Crippen molar-refractivity contribution in [3.63, 3.8) is 0 Å². The summed E-state index contributed by atoms with van der Waals surface area (Å²) in [5.74, 6) is -0.727. The van der Waals surface area contributed by atoms with E-state index in [1.165, 1.54) is 24.3 Å². The average Bonchev–Trinajstić information content (AvgIpc) is 3.15. The van der Waals surface area contributed by atoms with Gasteiger partial charge in [-0.15, -0.1) is 11.3 Å². The van der Waals surface area contributed by atoms with Crippen LogP contribution in [0.3, 0.4) is 0 Å². The number of carbonyl (C=O) groups is 2. The lowest BCUT2D eigenvalue weighted by atomic mass is 10.1. The highest BCUT2D eigenvalue weighted by Crippen LogP contribution is 2.26. The van der Waals surface area contributed by atoms with Gasteiger partial charge < -0.3 is 14.5 Å². The van der Waals surface area contributed by atoms with Crippen molar-refractivity contribution in [2.45, 2.75) is 32.9 Å². The maximum atomic E-state index is 12.3. The first-order chi connectivity index (χ1) is 13.3. The van der Waals surface area contributed by atoms with E-state index in [1.54, 1.807) is 19.1 Å². The number of esters is 1. The second-order valence-corrected chi connectivity index (χ2v) is 7.71. The maximum absolute atomic E-state index is 12.3. The van der Waals surface area contributed by atoms with Gasteiger partial charge in [0.15, 0.2) is 0 Å². The zero-order chi connectivity index (χ0) is 20.3. The predicted molar refractivity (Wildman–Crippen MR) is 108 cm³/mol. The number of aryl methyl sites for hydroxylation is 1. The molecule has 0 aliphatic carbocycles. The SMILES string of the molecule is CC(=O)NC(CC(=O)OCc1cc(=O)oc2cc(C)c(Cl)cc12)c1cccs1. The van der Waals surface area contributed by atoms with Crippen molar-refractivity contribution < 1.29 is 18.7 Å². The van der Waals surface area contributed by atoms with Crippen molar-refractivity contribution in [3.8, 4) is 0 Å². The molecule has 1 unspecified atom stereocenters. The van der Waals surface area contributed by atoms with Crippen LogP contribution in [0.5, 0.6) is 0 Å². The molecular weight excluding hydrogens is 402 g/mol. The molecule has 3 aromatic rings. The smallest absolute Gasteiger partial charge is 0.336 e. The van der Waals surface area contributed by atoms with Crippen molar-refractivity contribution in [2.75, 3.05) is 0 Å². The standard InChI is InChI=1S/C20H18ClNO5S/c1-11-6-17-14(8-15(11)21)13(7-20(25)27-17)10-26-19(24)9-16(22-12(2)23)18-4-3-5-28-18/h3-8,16H,9-10H2,1-2H3,(H,22,23). The van der Waals surface area contributed by atoms with E-state index in [2.05, 4.69) is 5.32 Å². The summed E-state index contributed by atoms with van der Waals surface area (Å²) in [4.78, 5) is 36.5. The van der Waals surface area contributed by atoms with Gasteiger partial charge in [-0.05, 0) is 36.1 Å². The summed E-state index contributed by atoms with van der Waals surface area (Å²) in [5, 5.41) is 5.76. The topological polar surface area (TPSA) is 85.6 Å². The zero-order valence-electron chi connectivity index (χ0n) is 15.3. The largest absolute Gasteiger partial charge is 0.461 e. The highest BCUT2D eigenvalue weighted by atomic mass is 35.5. The number of hydrogen-bond acceptors (Lipinski definition) is 6. The summed E-state index contributed by atoms with van der Waals surface area (Å²) < 4.78 is 10.6. The van der Waals surface area contributed by atoms with Gasteiger partial charge in [0.25, 0.3) is 0 Å². The van der Waals surface area contributed by atoms with Gasteiger partial charge in [-0.2, -0.15) is 0 Å². The fourth-order valence-electron chi connectivity index (χ4n) is 2.81. The number of benzene rings is 1. The monoisotopic (exact) mass is 419 g/mol. The van der Waals surface area contributed by atoms with Crippen LogP contribution in [0.15, 0.2) is 44.9 Å². The van der Waals surface area contributed by atoms with Gasteiger partial charge in [0, 0.05) is 33.8 Å². The molecule has 1 aromatic carbocycles. The van der Waals surface area contributed by atoms with E-state index in [0.717, 1.165) is 10.4 Å². The van der Waals surface area contributed by atoms with E-state index in [1.807, 2.05) is 17.5 Å². The first kappa shape index (κ1) is 20.1. The number of hydrogen-bond donors (Lipinski definition) is 1. The van der Waals surface area contributed by atoms with E-state index in [0.29, 0.717) is 21.6 Å². The molecule has 2 aromatic heterocycles. The lowest BCUT2D eigenvalue weighted by molar-refractivity contribution is -0.145. The van der Waals surface area contributed by atoms with Gasteiger partial charge in [0.2, 0.25) is 5.91 Å². The normalized spacial score (nSPS) is 12.0. The minimum absolute atomic E-state index is 0.0146. The molecule has 0 spiro atoms. The highest BCUT2D eigenvalue weighted by molar-refractivity contribution is 7.10. The van der Waals surface area contributed by atoms with Gasteiger partial charge >= 0.3 is 11.6 Å². The average molecular weight is 420 g/mol. The van der Waals surface area contributed by atoms with E-state index in [-0.39, 0.29) is 18.9 Å². The number of halogens is 1. The summed E-state index contributed by atoms with van der Waals surface area (Å²) in [6, 6.07) is 7.88. The van der Waals surface area contributed by atoms with Crippen LogP contribution in [0.4, 0.5) is 0 Å². The van der Waals surface area contributed by atoms with Gasteiger partial charge in [0.05, 0.1) is 12.5 Å². The van der Waals surface area contributed by atoms with Crippen molar-refractivity contribution in [2.24, 2.45) is 0 Å². The molecule has 0 saturated carbocycles. The quantitative estimate of drug-likeness (QED) is 0.479. The van der Waals surface area contributed by atoms with Crippen LogP contribution in [0.2, 0.25) is 5.02 Å². The van der Waals surface area contributed by atoms with Crippen molar-refractivity contribution >= 4 is 45.8 Å². The summed E-state index contributed by atoms with van der Waals surface area (Å²) in [6.45, 7) is 3.10. The third-order valence-corrected chi connectivity index (χ3v) is 5.53. The molecule has 1 N–H and O–H groups in total. The second-order valence-electron chi connectivity index (χ2n) is 6.32. The van der Waals surface area contributed by atoms with E-state index >= 15 is 0 Å². The Bertz CT molecular complexity index is 1070. The fraction of sp³-hybridized carbons (Fsp3) is 0.250. The number of carbonyl (C=O) groups excluding carboxylic acids is 2. The summed E-state index contributed by atoms with van der Waals surface area (Å²) in [5.41, 5.74) is 1.14. The first-order valence-corrected chi connectivity index (χ1v) is 9.78. The van der Waals surface area contributed by atoms with Crippen molar-refractivity contribution in [1.29, 1.82) is 0 Å². The number of fused-ring (bicyclic) bond motifs is 1. The minimum atomic E-state index is -0.532. The summed E-state index contributed by atoms with van der Waals surface area (Å²) in [6.07, 6.45) is -0.0146. The van der Waals surface area contributed by atoms with Crippen LogP contribution < -0.4 is 10.9 Å². The van der Waals surface area contributed by atoms with Crippen LogP contribution in [-0.4, -0.2) is 11.9 Å². The van der Waals surface area contributed by atoms with Gasteiger partial charge in [-0.3, -0.25) is 9.59 Å². The molecule has 28 heavy (non-hydrogen) atoms. The Labute approximate surface area is 170 Å². The molecule has 6 nitrogen and oxygen atoms in total. The van der Waals surface area contributed by atoms with Crippen molar-refractivity contribution in [3.05, 3.63) is 67.2 Å². The number of amides is 1. The number of rotatable bonds is 6. The van der Waals surface area contributed by atoms with Crippen molar-refractivity contribution in [1.82, 2.24) is 5.32 Å². The zero-order valence-corrected chi connectivity index (χ0v) is 16.9. The summed E-state index contributed by atoms with van der Waals surface area (Å²) in [7, 11) is 0. The molecule has 1 amide bonds. The van der Waals surface area contributed by atoms with Gasteiger partial charge in [0.1, 0.15) is 12.2 Å². The van der Waals surface area contributed by atoms with Crippen LogP contribution in [-0.2, 0) is 20.9 Å². The molecule has 2 heterocycles. The Kier molecular flexibility index (Phi) is 6.16. The lowest BCUT2D eigenvalue weighted by Crippen LogP contribution is -2.28. The van der Waals surface area contributed by atoms with E-state index < -0.39 is 17.6 Å². The van der Waals surface area contributed by atoms with Gasteiger partial charge in [-0.25, -0.2) is 4.79 Å². The van der Waals surface area contributed by atoms with Crippen LogP contribution in [0, 0.1) is 6.92 Å². The molecule has 0 radical (unpaired) electrons. The number of nitrogens with one attached hydrogen (secondary N) is 1. The molecule has 0 aliphatic rings. The Morgan fingerprint density at radius 3 is 2.79 bits per heavy atom. The van der Waals surface area contributed by atoms with Crippen LogP contribution in [0.25, 0.3) is 11.0 Å². The Morgan fingerprint density at radius 1 is 1.32 bits per heavy atom. The molecule has 3 rings (SSSR count). The molecule has 8 heteroatoms. The van der Waals surface area contributed by atoms with Gasteiger partial charge in [-0.1, -0.05) is 17.7 Å².